The highest BCUT2D eigenvalue weighted by Gasteiger charge is 2.32. The maximum atomic E-state index is 13.5. The Bertz CT molecular complexity index is 1090. The number of aryl methyl sites for hydroxylation is 1. The van der Waals surface area contributed by atoms with Crippen molar-refractivity contribution in [3.63, 3.8) is 0 Å². The molecule has 9 heteroatoms. The summed E-state index contributed by atoms with van der Waals surface area (Å²) >= 11 is 6.33. The number of sulfonamides is 1. The van der Waals surface area contributed by atoms with Crippen molar-refractivity contribution in [1.29, 1.82) is 0 Å². The first-order valence-electron chi connectivity index (χ1n) is 11.4. The Labute approximate surface area is 208 Å². The van der Waals surface area contributed by atoms with E-state index in [9.17, 15) is 18.0 Å². The van der Waals surface area contributed by atoms with Gasteiger partial charge in [-0.25, -0.2) is 8.42 Å². The number of nitrogens with one attached hydrogen (secondary N) is 1. The number of carbonyl (C=O) groups is 2. The summed E-state index contributed by atoms with van der Waals surface area (Å²) in [6.07, 6.45) is 1.12. The van der Waals surface area contributed by atoms with Crippen LogP contribution < -0.4 is 5.32 Å². The Kier molecular flexibility index (Phi) is 10.1. The molecule has 2 amide bonds. The van der Waals surface area contributed by atoms with Gasteiger partial charge in [0.2, 0.25) is 21.8 Å². The van der Waals surface area contributed by atoms with Crippen LogP contribution in [0.1, 0.15) is 44.7 Å². The van der Waals surface area contributed by atoms with Crippen LogP contribution in [0.5, 0.6) is 0 Å². The lowest BCUT2D eigenvalue weighted by atomic mass is 10.1. The third-order valence-electron chi connectivity index (χ3n) is 5.77. The summed E-state index contributed by atoms with van der Waals surface area (Å²) in [5.41, 5.74) is 1.61. The Morgan fingerprint density at radius 2 is 1.65 bits per heavy atom. The maximum absolute atomic E-state index is 13.5. The van der Waals surface area contributed by atoms with Crippen molar-refractivity contribution in [2.45, 2.75) is 64.1 Å². The fourth-order valence-corrected chi connectivity index (χ4v) is 4.74. The Balaban J connectivity index is 2.34. The zero-order chi connectivity index (χ0) is 25.5. The summed E-state index contributed by atoms with van der Waals surface area (Å²) in [5, 5.41) is 3.40. The van der Waals surface area contributed by atoms with Crippen LogP contribution in [0.3, 0.4) is 0 Å². The minimum atomic E-state index is -3.88. The largest absolute Gasteiger partial charge is 0.352 e. The fourth-order valence-electron chi connectivity index (χ4n) is 3.43. The van der Waals surface area contributed by atoms with Crippen molar-refractivity contribution in [3.8, 4) is 0 Å². The van der Waals surface area contributed by atoms with Gasteiger partial charge in [0.15, 0.2) is 0 Å². The quantitative estimate of drug-likeness (QED) is 0.498. The Morgan fingerprint density at radius 3 is 2.21 bits per heavy atom. The minimum Gasteiger partial charge on any atom is -0.352 e. The number of halogens is 1. The molecule has 2 aromatic rings. The molecule has 7 nitrogen and oxygen atoms in total. The van der Waals surface area contributed by atoms with Gasteiger partial charge < -0.3 is 10.2 Å². The van der Waals surface area contributed by atoms with Gasteiger partial charge in [0.1, 0.15) is 6.04 Å². The van der Waals surface area contributed by atoms with Crippen molar-refractivity contribution < 1.29 is 18.0 Å². The summed E-state index contributed by atoms with van der Waals surface area (Å²) in [6.45, 7) is 7.22. The van der Waals surface area contributed by atoms with Gasteiger partial charge in [-0.2, -0.15) is 4.31 Å². The third-order valence-corrected chi connectivity index (χ3v) is 7.96. The van der Waals surface area contributed by atoms with Crippen LogP contribution >= 0.6 is 11.6 Å². The van der Waals surface area contributed by atoms with Crippen molar-refractivity contribution in [1.82, 2.24) is 14.5 Å². The van der Waals surface area contributed by atoms with Crippen molar-refractivity contribution in [3.05, 3.63) is 64.7 Å². The first kappa shape index (κ1) is 27.8. The molecule has 2 atom stereocenters. The predicted octanol–water partition coefficient (Wildman–Crippen LogP) is 3.99. The topological polar surface area (TPSA) is 86.8 Å². The molecule has 0 aliphatic carbocycles. The van der Waals surface area contributed by atoms with Gasteiger partial charge in [0.05, 0.1) is 11.4 Å². The monoisotopic (exact) mass is 507 g/mol. The van der Waals surface area contributed by atoms with E-state index in [4.69, 9.17) is 11.6 Å². The van der Waals surface area contributed by atoms with E-state index >= 15 is 0 Å². The molecule has 2 rings (SSSR count). The molecule has 0 saturated heterocycles. The van der Waals surface area contributed by atoms with Crippen LogP contribution in [0.4, 0.5) is 0 Å². The van der Waals surface area contributed by atoms with Crippen LogP contribution in [0, 0.1) is 6.92 Å². The number of nitrogens with zero attached hydrogens (tertiary/aromatic N) is 2. The van der Waals surface area contributed by atoms with E-state index < -0.39 is 28.5 Å². The zero-order valence-electron chi connectivity index (χ0n) is 20.4. The molecule has 0 aliphatic heterocycles. The second-order valence-corrected chi connectivity index (χ2v) is 10.9. The standard InChI is InChI=1S/C25H34ClN3O4S/c1-6-19(4)27-25(31)23(7-2)29(16-20-10-8-9-11-22(20)26)24(30)17-28(5)34(32,33)21-14-12-18(3)13-15-21/h8-15,19,23H,6-7,16-17H2,1-5H3,(H,27,31)/t19-,23+/m0/s1. The Morgan fingerprint density at radius 1 is 1.03 bits per heavy atom. The molecule has 0 bridgehead atoms. The molecule has 0 heterocycles. The van der Waals surface area contributed by atoms with Crippen LogP contribution in [0.2, 0.25) is 5.02 Å². The number of amides is 2. The number of rotatable bonds is 11. The Hall–Kier alpha value is -2.42. The van der Waals surface area contributed by atoms with Crippen molar-refractivity contribution >= 4 is 33.4 Å². The van der Waals surface area contributed by atoms with E-state index in [0.29, 0.717) is 17.0 Å². The molecule has 2 aromatic carbocycles. The van der Waals surface area contributed by atoms with E-state index in [1.165, 1.54) is 24.1 Å². The lowest BCUT2D eigenvalue weighted by Gasteiger charge is -2.32. The fraction of sp³-hybridized carbons (Fsp3) is 0.440. The van der Waals surface area contributed by atoms with Gasteiger partial charge in [0, 0.05) is 24.7 Å². The lowest BCUT2D eigenvalue weighted by molar-refractivity contribution is -0.141. The summed E-state index contributed by atoms with van der Waals surface area (Å²) in [4.78, 5) is 28.0. The van der Waals surface area contributed by atoms with Crippen LogP contribution in [0.15, 0.2) is 53.4 Å². The zero-order valence-corrected chi connectivity index (χ0v) is 22.0. The average molecular weight is 508 g/mol. The maximum Gasteiger partial charge on any atom is 0.243 e. The molecular weight excluding hydrogens is 474 g/mol. The van der Waals surface area contributed by atoms with Crippen LogP contribution in [-0.2, 0) is 26.2 Å². The minimum absolute atomic E-state index is 0.0524. The van der Waals surface area contributed by atoms with Gasteiger partial charge in [-0.1, -0.05) is 61.3 Å². The molecule has 0 saturated carbocycles. The van der Waals surface area contributed by atoms with E-state index in [0.717, 1.165) is 16.3 Å². The molecule has 0 radical (unpaired) electrons. The first-order chi connectivity index (χ1) is 16.0. The number of likely N-dealkylation sites (N-methyl/N-ethyl adjacent to an activating group) is 1. The summed E-state index contributed by atoms with van der Waals surface area (Å²) < 4.78 is 27.1. The predicted molar refractivity (Wildman–Crippen MR) is 135 cm³/mol. The average Bonchev–Trinajstić information content (AvgIpc) is 2.80. The lowest BCUT2D eigenvalue weighted by Crippen LogP contribution is -2.53. The number of carbonyl (C=O) groups excluding carboxylic acids is 2. The second kappa shape index (κ2) is 12.3. The molecule has 0 aliphatic rings. The molecule has 34 heavy (non-hydrogen) atoms. The van der Waals surface area contributed by atoms with E-state index in [1.54, 1.807) is 36.4 Å². The molecule has 0 spiro atoms. The van der Waals surface area contributed by atoms with E-state index in [2.05, 4.69) is 5.32 Å². The SMILES string of the molecule is CC[C@H](C(=O)N[C@@H](C)CC)N(Cc1ccccc1Cl)C(=O)CN(C)S(=O)(=O)c1ccc(C)cc1. The second-order valence-electron chi connectivity index (χ2n) is 8.43. The number of hydrogen-bond donors (Lipinski definition) is 1. The molecule has 0 aromatic heterocycles. The van der Waals surface area contributed by atoms with Crippen molar-refractivity contribution in [2.75, 3.05) is 13.6 Å². The van der Waals surface area contributed by atoms with Gasteiger partial charge in [-0.15, -0.1) is 0 Å². The van der Waals surface area contributed by atoms with Gasteiger partial charge in [-0.3, -0.25) is 9.59 Å². The number of benzene rings is 2. The molecule has 1 N–H and O–H groups in total. The molecular formula is C25H34ClN3O4S. The van der Waals surface area contributed by atoms with Gasteiger partial charge >= 0.3 is 0 Å². The van der Waals surface area contributed by atoms with Crippen molar-refractivity contribution in [2.24, 2.45) is 0 Å². The highest BCUT2D eigenvalue weighted by molar-refractivity contribution is 7.89. The first-order valence-corrected chi connectivity index (χ1v) is 13.2. The molecule has 0 unspecified atom stereocenters. The summed E-state index contributed by atoms with van der Waals surface area (Å²) in [5.74, 6) is -0.759. The molecule has 0 fully saturated rings. The third kappa shape index (κ3) is 7.04. The summed E-state index contributed by atoms with van der Waals surface area (Å²) in [6, 6.07) is 12.7. The van der Waals surface area contributed by atoms with E-state index in [1.807, 2.05) is 27.7 Å². The van der Waals surface area contributed by atoms with Crippen LogP contribution in [-0.4, -0.2) is 55.1 Å². The highest BCUT2D eigenvalue weighted by Crippen LogP contribution is 2.21. The van der Waals surface area contributed by atoms with Gasteiger partial charge in [0.25, 0.3) is 0 Å². The normalized spacial score (nSPS) is 13.4. The highest BCUT2D eigenvalue weighted by atomic mass is 35.5. The smallest absolute Gasteiger partial charge is 0.243 e. The van der Waals surface area contributed by atoms with Crippen LogP contribution in [0.25, 0.3) is 0 Å². The summed E-state index contributed by atoms with van der Waals surface area (Å²) in [7, 11) is -2.52. The van der Waals surface area contributed by atoms with Gasteiger partial charge in [-0.05, 0) is 50.5 Å². The van der Waals surface area contributed by atoms with E-state index in [-0.39, 0.29) is 23.4 Å². The number of hydrogen-bond acceptors (Lipinski definition) is 4. The molecule has 186 valence electrons.